The van der Waals surface area contributed by atoms with Crippen molar-refractivity contribution in [2.75, 3.05) is 0 Å². The van der Waals surface area contributed by atoms with Gasteiger partial charge in [0.1, 0.15) is 11.5 Å². The first kappa shape index (κ1) is 5.15. The lowest BCUT2D eigenvalue weighted by Gasteiger charge is -1.86. The van der Waals surface area contributed by atoms with E-state index in [1.165, 1.54) is 0 Å². The molecule has 1 rings (SSSR count). The van der Waals surface area contributed by atoms with Crippen molar-refractivity contribution in [1.29, 1.82) is 0 Å². The van der Waals surface area contributed by atoms with Gasteiger partial charge in [-0.2, -0.15) is 0 Å². The lowest BCUT2D eigenvalue weighted by Crippen LogP contribution is -1.96. The Bertz CT molecular complexity index is 144. The zero-order valence-corrected chi connectivity index (χ0v) is 4.35. The number of carbonyl (C=O) groups is 1. The fourth-order valence-electron chi connectivity index (χ4n) is 0.677. The van der Waals surface area contributed by atoms with E-state index in [2.05, 4.69) is 0 Å². The molecule has 3 heteroatoms. The highest BCUT2D eigenvalue weighted by molar-refractivity contribution is 5.85. The predicted octanol–water partition coefficient (Wildman–Crippen LogP) is 0.0776. The predicted molar refractivity (Wildman–Crippen MR) is 28.1 cm³/mol. The molecule has 0 saturated carbocycles. The van der Waals surface area contributed by atoms with E-state index in [-0.39, 0.29) is 24.4 Å². The number of aliphatic hydroxyl groups is 1. The summed E-state index contributed by atoms with van der Waals surface area (Å²) in [5, 5.41) is 8.70. The van der Waals surface area contributed by atoms with Crippen LogP contribution in [0.3, 0.4) is 0 Å². The number of rotatable bonds is 0. The second-order valence-electron chi connectivity index (χ2n) is 1.86. The molecule has 0 aliphatic heterocycles. The van der Waals surface area contributed by atoms with Crippen molar-refractivity contribution in [2.24, 2.45) is 5.73 Å². The van der Waals surface area contributed by atoms with Gasteiger partial charge in [0.15, 0.2) is 0 Å². The maximum atomic E-state index is 10.4. The van der Waals surface area contributed by atoms with E-state index in [0.717, 1.165) is 0 Å². The second-order valence-corrected chi connectivity index (χ2v) is 1.86. The lowest BCUT2D eigenvalue weighted by atomic mass is 10.3. The molecule has 0 spiro atoms. The molecule has 0 atom stereocenters. The number of ketones is 1. The molecule has 3 N–H and O–H groups in total. The van der Waals surface area contributed by atoms with Gasteiger partial charge in [0.2, 0.25) is 0 Å². The summed E-state index contributed by atoms with van der Waals surface area (Å²) < 4.78 is 0. The van der Waals surface area contributed by atoms with E-state index in [1.54, 1.807) is 0 Å². The first-order valence-corrected chi connectivity index (χ1v) is 2.38. The number of Topliss-reactive ketones (excluding diaryl/α,β-unsaturated/α-hetero) is 1. The van der Waals surface area contributed by atoms with Crippen molar-refractivity contribution >= 4 is 5.78 Å². The summed E-state index contributed by atoms with van der Waals surface area (Å²) in [6.07, 6.45) is 0.359. The van der Waals surface area contributed by atoms with Gasteiger partial charge < -0.3 is 10.8 Å². The Hall–Kier alpha value is -0.990. The highest BCUT2D eigenvalue weighted by Crippen LogP contribution is 2.15. The Kier molecular flexibility index (Phi) is 0.970. The first-order valence-electron chi connectivity index (χ1n) is 2.38. The van der Waals surface area contributed by atoms with Crippen molar-refractivity contribution in [1.82, 2.24) is 0 Å². The average Bonchev–Trinajstić information content (AvgIpc) is 1.85. The largest absolute Gasteiger partial charge is 0.510 e. The van der Waals surface area contributed by atoms with Gasteiger partial charge in [-0.3, -0.25) is 4.79 Å². The number of hydrogen-bond donors (Lipinski definition) is 2. The molecule has 0 amide bonds. The van der Waals surface area contributed by atoms with E-state index < -0.39 is 0 Å². The molecule has 0 saturated heterocycles. The fraction of sp³-hybridized carbons (Fsp3) is 0.400. The second kappa shape index (κ2) is 1.51. The van der Waals surface area contributed by atoms with Gasteiger partial charge in [0, 0.05) is 6.42 Å². The van der Waals surface area contributed by atoms with Crippen LogP contribution in [0, 0.1) is 0 Å². The Labute approximate surface area is 46.8 Å². The molecule has 1 aliphatic rings. The van der Waals surface area contributed by atoms with Crippen LogP contribution in [-0.4, -0.2) is 10.9 Å². The topological polar surface area (TPSA) is 63.3 Å². The van der Waals surface area contributed by atoms with Crippen molar-refractivity contribution in [3.8, 4) is 0 Å². The van der Waals surface area contributed by atoms with Crippen LogP contribution in [0.25, 0.3) is 0 Å². The number of hydrogen-bond acceptors (Lipinski definition) is 3. The van der Waals surface area contributed by atoms with Crippen LogP contribution < -0.4 is 5.73 Å². The van der Waals surface area contributed by atoms with Gasteiger partial charge >= 0.3 is 0 Å². The molecule has 0 aromatic carbocycles. The molecular weight excluding hydrogens is 106 g/mol. The highest BCUT2D eigenvalue weighted by Gasteiger charge is 2.17. The minimum absolute atomic E-state index is 0.000000000000000222. The molecular formula is C5H7NO2. The van der Waals surface area contributed by atoms with Gasteiger partial charge in [-0.05, 0) is 0 Å². The van der Waals surface area contributed by atoms with E-state index >= 15 is 0 Å². The van der Waals surface area contributed by atoms with Gasteiger partial charge in [-0.25, -0.2) is 0 Å². The zero-order chi connectivity index (χ0) is 6.15. The normalized spacial score (nSPS) is 20.2. The molecule has 8 heavy (non-hydrogen) atoms. The van der Waals surface area contributed by atoms with Crippen molar-refractivity contribution in [2.45, 2.75) is 12.8 Å². The quantitative estimate of drug-likeness (QED) is 0.467. The van der Waals surface area contributed by atoms with Gasteiger partial charge in [0.05, 0.1) is 12.1 Å². The van der Waals surface area contributed by atoms with Gasteiger partial charge in [0.25, 0.3) is 0 Å². The van der Waals surface area contributed by atoms with Crippen LogP contribution in [0.15, 0.2) is 11.5 Å². The molecule has 1 aliphatic carbocycles. The Morgan fingerprint density at radius 1 is 1.50 bits per heavy atom. The Balaban J connectivity index is 2.73. The summed E-state index contributed by atoms with van der Waals surface area (Å²) in [6.45, 7) is 0. The van der Waals surface area contributed by atoms with Gasteiger partial charge in [-0.15, -0.1) is 0 Å². The van der Waals surface area contributed by atoms with Crippen LogP contribution in [0.1, 0.15) is 12.8 Å². The maximum Gasteiger partial charge on any atom is 0.146 e. The summed E-state index contributed by atoms with van der Waals surface area (Å²) in [5.74, 6) is 0.0509. The van der Waals surface area contributed by atoms with Crippen LogP contribution in [0.4, 0.5) is 0 Å². The van der Waals surface area contributed by atoms with Crippen LogP contribution >= 0.6 is 0 Å². The van der Waals surface area contributed by atoms with Crippen molar-refractivity contribution in [3.63, 3.8) is 0 Å². The number of allylic oxidation sites excluding steroid dienone is 2. The number of nitrogens with two attached hydrogens (primary N) is 1. The van der Waals surface area contributed by atoms with E-state index in [4.69, 9.17) is 10.8 Å². The van der Waals surface area contributed by atoms with Crippen LogP contribution in [-0.2, 0) is 4.79 Å². The van der Waals surface area contributed by atoms with E-state index in [0.29, 0.717) is 5.70 Å². The maximum absolute atomic E-state index is 10.4. The van der Waals surface area contributed by atoms with Crippen molar-refractivity contribution in [3.05, 3.63) is 11.5 Å². The minimum atomic E-state index is 0.000000000000000222. The molecule has 0 fully saturated rings. The van der Waals surface area contributed by atoms with Crippen LogP contribution in [0.5, 0.6) is 0 Å². The monoisotopic (exact) mass is 113 g/mol. The molecule has 0 bridgehead atoms. The number of carbonyl (C=O) groups excluding carboxylic acids is 1. The molecule has 0 aromatic rings. The summed E-state index contributed by atoms with van der Waals surface area (Å²) in [7, 11) is 0. The third-order valence-corrected chi connectivity index (χ3v) is 1.12. The summed E-state index contributed by atoms with van der Waals surface area (Å²) in [6, 6.07) is 0. The highest BCUT2D eigenvalue weighted by atomic mass is 16.3. The van der Waals surface area contributed by atoms with Crippen LogP contribution in [0.2, 0.25) is 0 Å². The molecule has 0 aromatic heterocycles. The number of aliphatic hydroxyl groups excluding tert-OH is 1. The molecule has 44 valence electrons. The third-order valence-electron chi connectivity index (χ3n) is 1.12. The SMILES string of the molecule is NC1=C(O)CC(=O)C1. The Morgan fingerprint density at radius 3 is 2.25 bits per heavy atom. The summed E-state index contributed by atoms with van der Waals surface area (Å²) in [4.78, 5) is 10.4. The third kappa shape index (κ3) is 0.665. The first-order chi connectivity index (χ1) is 3.70. The smallest absolute Gasteiger partial charge is 0.146 e. The minimum Gasteiger partial charge on any atom is -0.510 e. The van der Waals surface area contributed by atoms with Crippen molar-refractivity contribution < 1.29 is 9.90 Å². The average molecular weight is 113 g/mol. The van der Waals surface area contributed by atoms with E-state index in [9.17, 15) is 4.79 Å². The molecule has 0 heterocycles. The summed E-state index contributed by atoms with van der Waals surface area (Å²) >= 11 is 0. The molecule has 3 nitrogen and oxygen atoms in total. The summed E-state index contributed by atoms with van der Waals surface area (Å²) in [5.41, 5.74) is 5.51. The lowest BCUT2D eigenvalue weighted by molar-refractivity contribution is -0.117. The fourth-order valence-corrected chi connectivity index (χ4v) is 0.677. The molecule has 0 unspecified atom stereocenters. The zero-order valence-electron chi connectivity index (χ0n) is 4.35. The Morgan fingerprint density at radius 2 is 2.12 bits per heavy atom. The van der Waals surface area contributed by atoms with E-state index in [1.807, 2.05) is 0 Å². The standard InChI is InChI=1S/C5H7NO2/c6-4-1-3(7)2-5(4)8/h8H,1-2,6H2. The molecule has 0 radical (unpaired) electrons. The van der Waals surface area contributed by atoms with Gasteiger partial charge in [-0.1, -0.05) is 0 Å².